The predicted molar refractivity (Wildman–Crippen MR) is 175 cm³/mol. The summed E-state index contributed by atoms with van der Waals surface area (Å²) >= 11 is 12.8. The molecule has 1 aromatic carbocycles. The van der Waals surface area contributed by atoms with E-state index in [1.165, 1.54) is 15.9 Å². The van der Waals surface area contributed by atoms with E-state index in [0.717, 1.165) is 43.1 Å². The SMILES string of the molecule is N[C@H]1CCCCCCC[C@@H]2C[C@@]2(C(=O)NS(=O)(=O)c2cc(Cl)sc2Cl)NC(=O)[C@@H]2C[C@@H](OC(=O)N3Cc4cccc(F)c4C3)CN2C1=O. The van der Waals surface area contributed by atoms with Crippen LogP contribution in [0.5, 0.6) is 0 Å². The van der Waals surface area contributed by atoms with Crippen molar-refractivity contribution in [2.75, 3.05) is 6.54 Å². The summed E-state index contributed by atoms with van der Waals surface area (Å²) in [5, 5.41) is 2.79. The van der Waals surface area contributed by atoms with Gasteiger partial charge in [0, 0.05) is 18.5 Å². The molecule has 2 aromatic rings. The molecule has 0 spiro atoms. The molecule has 1 aliphatic carbocycles. The Morgan fingerprint density at radius 3 is 2.54 bits per heavy atom. The van der Waals surface area contributed by atoms with Crippen molar-refractivity contribution in [2.45, 2.75) is 99.5 Å². The van der Waals surface area contributed by atoms with Crippen molar-refractivity contribution in [3.8, 4) is 0 Å². The quantitative estimate of drug-likeness (QED) is 0.421. The van der Waals surface area contributed by atoms with E-state index in [4.69, 9.17) is 33.7 Å². The van der Waals surface area contributed by atoms with Crippen molar-refractivity contribution in [3.63, 3.8) is 0 Å². The van der Waals surface area contributed by atoms with Gasteiger partial charge >= 0.3 is 6.09 Å². The molecule has 5 atom stereocenters. The van der Waals surface area contributed by atoms with E-state index in [-0.39, 0.29) is 52.0 Å². The molecule has 4 heterocycles. The standard InChI is InChI=1S/C31H36Cl2FN5O7S2/c32-25-12-24(26(33)47-25)48(44,45)37-29(42)31-13-18(31)8-4-2-1-3-5-10-22(35)28(41)39-15-19(11-23(39)27(40)36-31)46-30(43)38-14-17-7-6-9-21(34)20(17)16-38/h6-7,9,12,18-19,22-23H,1-5,8,10-11,13-16,35H2,(H,36,40)(H,37,42)/t18-,19-,22+,23+,31-/m1/s1. The zero-order chi connectivity index (χ0) is 34.4. The average molecular weight is 745 g/mol. The number of nitrogens with zero attached hydrogens (tertiary/aromatic N) is 2. The minimum Gasteiger partial charge on any atom is -0.444 e. The number of fused-ring (bicyclic) bond motifs is 3. The number of hydrogen-bond acceptors (Lipinski definition) is 9. The van der Waals surface area contributed by atoms with Gasteiger partial charge in [-0.25, -0.2) is 22.3 Å². The summed E-state index contributed by atoms with van der Waals surface area (Å²) in [6.45, 7) is 0.0659. The van der Waals surface area contributed by atoms with Crippen LogP contribution in [0.1, 0.15) is 68.9 Å². The van der Waals surface area contributed by atoms with Gasteiger partial charge in [-0.1, -0.05) is 67.4 Å². The van der Waals surface area contributed by atoms with E-state index in [9.17, 15) is 32.0 Å². The first kappa shape index (κ1) is 34.9. The maximum Gasteiger partial charge on any atom is 0.410 e. The number of amides is 4. The minimum atomic E-state index is -4.42. The molecule has 1 saturated carbocycles. The molecule has 4 amide bonds. The lowest BCUT2D eigenvalue weighted by Crippen LogP contribution is -2.57. The third kappa shape index (κ3) is 7.02. The van der Waals surface area contributed by atoms with Crippen LogP contribution in [-0.2, 0) is 42.2 Å². The number of carbonyl (C=O) groups excluding carboxylic acids is 4. The molecule has 0 bridgehead atoms. The number of nitrogens with two attached hydrogens (primary N) is 1. The van der Waals surface area contributed by atoms with Crippen molar-refractivity contribution in [1.29, 1.82) is 0 Å². The van der Waals surface area contributed by atoms with Gasteiger partial charge in [0.1, 0.15) is 32.7 Å². The van der Waals surface area contributed by atoms with Gasteiger partial charge in [0.05, 0.1) is 23.5 Å². The third-order valence-corrected chi connectivity index (χ3v) is 12.8. The maximum absolute atomic E-state index is 14.3. The van der Waals surface area contributed by atoms with Gasteiger partial charge in [0.2, 0.25) is 11.8 Å². The van der Waals surface area contributed by atoms with Gasteiger partial charge in [-0.2, -0.15) is 0 Å². The topological polar surface area (TPSA) is 168 Å². The van der Waals surface area contributed by atoms with Crippen LogP contribution < -0.4 is 15.8 Å². The Kier molecular flexibility index (Phi) is 9.98. The molecule has 0 unspecified atom stereocenters. The minimum absolute atomic E-state index is 0.0235. The lowest BCUT2D eigenvalue weighted by Gasteiger charge is -2.28. The van der Waals surface area contributed by atoms with Crippen molar-refractivity contribution in [3.05, 3.63) is 49.9 Å². The van der Waals surface area contributed by atoms with Gasteiger partial charge in [0.15, 0.2) is 0 Å². The Balaban J connectivity index is 1.21. The van der Waals surface area contributed by atoms with E-state index in [2.05, 4.69) is 10.0 Å². The first-order valence-electron chi connectivity index (χ1n) is 15.9. The van der Waals surface area contributed by atoms with E-state index in [1.807, 2.05) is 0 Å². The van der Waals surface area contributed by atoms with Crippen LogP contribution in [-0.4, -0.2) is 72.3 Å². The number of carbonyl (C=O) groups is 4. The molecular weight excluding hydrogens is 708 g/mol. The summed E-state index contributed by atoms with van der Waals surface area (Å²) in [5.74, 6) is -2.86. The highest BCUT2D eigenvalue weighted by Gasteiger charge is 2.62. The summed E-state index contributed by atoms with van der Waals surface area (Å²) in [5.41, 5.74) is 5.82. The molecular formula is C31H36Cl2FN5O7S2. The zero-order valence-electron chi connectivity index (χ0n) is 25.9. The second-order valence-electron chi connectivity index (χ2n) is 12.9. The maximum atomic E-state index is 14.3. The Labute approximate surface area is 291 Å². The van der Waals surface area contributed by atoms with Gasteiger partial charge in [-0.05, 0) is 42.9 Å². The molecule has 12 nitrogen and oxygen atoms in total. The Morgan fingerprint density at radius 2 is 1.83 bits per heavy atom. The van der Waals surface area contributed by atoms with Crippen LogP contribution in [0.2, 0.25) is 8.67 Å². The molecule has 48 heavy (non-hydrogen) atoms. The molecule has 17 heteroatoms. The van der Waals surface area contributed by atoms with Crippen molar-refractivity contribution < 1.29 is 36.7 Å². The van der Waals surface area contributed by atoms with E-state index < -0.39 is 63.4 Å². The highest BCUT2D eigenvalue weighted by molar-refractivity contribution is 7.90. The lowest BCUT2D eigenvalue weighted by molar-refractivity contribution is -0.140. The van der Waals surface area contributed by atoms with Crippen LogP contribution in [0.25, 0.3) is 0 Å². The molecule has 2 saturated heterocycles. The number of nitrogens with one attached hydrogen (secondary N) is 2. The fourth-order valence-corrected chi connectivity index (χ4v) is 10.2. The fourth-order valence-electron chi connectivity index (χ4n) is 6.97. The van der Waals surface area contributed by atoms with Crippen LogP contribution in [0, 0.1) is 11.7 Å². The fraction of sp³-hybridized carbons (Fsp3) is 0.548. The monoisotopic (exact) mass is 743 g/mol. The molecule has 3 aliphatic heterocycles. The number of hydrogen-bond donors (Lipinski definition) is 3. The Morgan fingerprint density at radius 1 is 1.10 bits per heavy atom. The number of thiophene rings is 1. The van der Waals surface area contributed by atoms with Gasteiger partial charge < -0.3 is 20.7 Å². The number of rotatable bonds is 4. The first-order valence-corrected chi connectivity index (χ1v) is 19.0. The second kappa shape index (κ2) is 13.7. The molecule has 6 rings (SSSR count). The van der Waals surface area contributed by atoms with Crippen LogP contribution in [0.15, 0.2) is 29.2 Å². The lowest BCUT2D eigenvalue weighted by atomic mass is 10.0. The number of sulfonamides is 1. The van der Waals surface area contributed by atoms with Crippen LogP contribution in [0.4, 0.5) is 9.18 Å². The molecule has 260 valence electrons. The van der Waals surface area contributed by atoms with Crippen LogP contribution >= 0.6 is 34.5 Å². The van der Waals surface area contributed by atoms with E-state index >= 15 is 0 Å². The second-order valence-corrected chi connectivity index (χ2v) is 16.9. The van der Waals surface area contributed by atoms with Crippen molar-refractivity contribution in [2.24, 2.45) is 11.7 Å². The normalized spacial score (nSPS) is 28.0. The highest BCUT2D eigenvalue weighted by Crippen LogP contribution is 2.48. The highest BCUT2D eigenvalue weighted by atomic mass is 35.5. The summed E-state index contributed by atoms with van der Waals surface area (Å²) in [6, 6.07) is 3.73. The van der Waals surface area contributed by atoms with Crippen LogP contribution in [0.3, 0.4) is 0 Å². The van der Waals surface area contributed by atoms with Crippen molar-refractivity contribution >= 4 is 68.4 Å². The third-order valence-electron chi connectivity index (χ3n) is 9.68. The average Bonchev–Trinajstić information content (AvgIpc) is 3.35. The molecule has 1 aromatic heterocycles. The summed E-state index contributed by atoms with van der Waals surface area (Å²) in [6.07, 6.45) is 3.58. The van der Waals surface area contributed by atoms with E-state index in [1.54, 1.807) is 12.1 Å². The Bertz CT molecular complexity index is 1740. The van der Waals surface area contributed by atoms with Gasteiger partial charge in [0.25, 0.3) is 15.9 Å². The molecule has 3 fully saturated rings. The summed E-state index contributed by atoms with van der Waals surface area (Å²) in [7, 11) is -4.42. The first-order chi connectivity index (χ1) is 22.8. The number of benzene rings is 1. The zero-order valence-corrected chi connectivity index (χ0v) is 29.0. The number of halogens is 3. The molecule has 4 aliphatic rings. The predicted octanol–water partition coefficient (Wildman–Crippen LogP) is 4.07. The number of ether oxygens (including phenoxy) is 1. The molecule has 0 radical (unpaired) electrons. The molecule has 4 N–H and O–H groups in total. The largest absolute Gasteiger partial charge is 0.444 e. The van der Waals surface area contributed by atoms with E-state index in [0.29, 0.717) is 30.4 Å². The van der Waals surface area contributed by atoms with Gasteiger partial charge in [-0.15, -0.1) is 11.3 Å². The summed E-state index contributed by atoms with van der Waals surface area (Å²) < 4.78 is 48.4. The summed E-state index contributed by atoms with van der Waals surface area (Å²) in [4.78, 5) is 56.8. The Hall–Kier alpha value is -2.98. The smallest absolute Gasteiger partial charge is 0.410 e. The van der Waals surface area contributed by atoms with Crippen molar-refractivity contribution in [1.82, 2.24) is 19.8 Å². The van der Waals surface area contributed by atoms with Gasteiger partial charge in [-0.3, -0.25) is 19.3 Å².